The van der Waals surface area contributed by atoms with Crippen molar-refractivity contribution in [2.75, 3.05) is 40.0 Å². The van der Waals surface area contributed by atoms with Gasteiger partial charge in [-0.3, -0.25) is 0 Å². The van der Waals surface area contributed by atoms with Crippen LogP contribution in [0.1, 0.15) is 13.3 Å². The summed E-state index contributed by atoms with van der Waals surface area (Å²) in [6, 6.07) is 0. The number of rotatable bonds is 9. The lowest BCUT2D eigenvalue weighted by Crippen LogP contribution is -2.18. The van der Waals surface area contributed by atoms with Crippen LogP contribution in [0.15, 0.2) is 12.2 Å². The second-order valence-corrected chi connectivity index (χ2v) is 3.09. The highest BCUT2D eigenvalue weighted by Crippen LogP contribution is 1.84. The second-order valence-electron chi connectivity index (χ2n) is 3.09. The van der Waals surface area contributed by atoms with E-state index < -0.39 is 0 Å². The molecule has 0 heterocycles. The predicted molar refractivity (Wildman–Crippen MR) is 55.0 cm³/mol. The molecule has 0 radical (unpaired) electrons. The van der Waals surface area contributed by atoms with Crippen molar-refractivity contribution < 1.29 is 9.47 Å². The highest BCUT2D eigenvalue weighted by molar-refractivity contribution is 4.90. The minimum absolute atomic E-state index is 0.680. The molecule has 78 valence electrons. The Balaban J connectivity index is 2.87. The molecule has 0 aromatic heterocycles. The Labute approximate surface area is 81.1 Å². The number of hydrogen-bond acceptors (Lipinski definition) is 3. The van der Waals surface area contributed by atoms with Gasteiger partial charge in [0.2, 0.25) is 0 Å². The maximum Gasteiger partial charge on any atom is 0.0700 e. The van der Waals surface area contributed by atoms with E-state index >= 15 is 0 Å². The fraction of sp³-hybridized carbons (Fsp3) is 0.800. The van der Waals surface area contributed by atoms with E-state index in [4.69, 9.17) is 9.47 Å². The lowest BCUT2D eigenvalue weighted by Gasteiger charge is -2.05. The van der Waals surface area contributed by atoms with Gasteiger partial charge in [0.15, 0.2) is 0 Å². The molecule has 0 fully saturated rings. The second kappa shape index (κ2) is 9.71. The van der Waals surface area contributed by atoms with Gasteiger partial charge >= 0.3 is 0 Å². The van der Waals surface area contributed by atoms with Crippen molar-refractivity contribution in [3.05, 3.63) is 12.2 Å². The summed E-state index contributed by atoms with van der Waals surface area (Å²) in [5.41, 5.74) is 1.17. The molecule has 3 nitrogen and oxygen atoms in total. The van der Waals surface area contributed by atoms with E-state index in [0.717, 1.165) is 26.1 Å². The van der Waals surface area contributed by atoms with Gasteiger partial charge in [-0.2, -0.15) is 0 Å². The zero-order valence-corrected chi connectivity index (χ0v) is 8.77. The number of ether oxygens (including phenoxy) is 2. The number of methoxy groups -OCH3 is 1. The average Bonchev–Trinajstić information content (AvgIpc) is 2.09. The maximum atomic E-state index is 5.29. The van der Waals surface area contributed by atoms with Crippen LogP contribution in [0.5, 0.6) is 0 Å². The summed E-state index contributed by atoms with van der Waals surface area (Å²) in [5.74, 6) is 0. The van der Waals surface area contributed by atoms with Crippen LogP contribution in [0, 0.1) is 0 Å². The van der Waals surface area contributed by atoms with Gasteiger partial charge in [-0.05, 0) is 19.9 Å². The first kappa shape index (κ1) is 12.6. The van der Waals surface area contributed by atoms with E-state index in [1.54, 1.807) is 7.11 Å². The molecule has 0 rings (SSSR count). The topological polar surface area (TPSA) is 30.5 Å². The molecule has 0 aliphatic rings. The predicted octanol–water partition coefficient (Wildman–Crippen LogP) is 1.21. The molecule has 0 saturated heterocycles. The minimum atomic E-state index is 0.680. The van der Waals surface area contributed by atoms with Gasteiger partial charge in [0.05, 0.1) is 13.2 Å². The average molecular weight is 187 g/mol. The molecule has 0 aromatic carbocycles. The highest BCUT2D eigenvalue weighted by Gasteiger charge is 1.89. The summed E-state index contributed by atoms with van der Waals surface area (Å²) in [6.45, 7) is 9.88. The van der Waals surface area contributed by atoms with Crippen LogP contribution in [0.4, 0.5) is 0 Å². The Morgan fingerprint density at radius 2 is 2.08 bits per heavy atom. The monoisotopic (exact) mass is 187 g/mol. The minimum Gasteiger partial charge on any atom is -0.382 e. The smallest absolute Gasteiger partial charge is 0.0700 e. The fourth-order valence-corrected chi connectivity index (χ4v) is 0.845. The van der Waals surface area contributed by atoms with E-state index in [-0.39, 0.29) is 0 Å². The Hall–Kier alpha value is -0.380. The largest absolute Gasteiger partial charge is 0.382 e. The standard InChI is InChI=1S/C10H21NO2/c1-10(2)9-11-5-4-6-13-8-7-12-3/h11H,1,4-9H2,2-3H3. The van der Waals surface area contributed by atoms with Gasteiger partial charge in [-0.15, -0.1) is 0 Å². The van der Waals surface area contributed by atoms with E-state index in [2.05, 4.69) is 11.9 Å². The van der Waals surface area contributed by atoms with E-state index in [1.165, 1.54) is 5.57 Å². The third-order valence-electron chi connectivity index (χ3n) is 1.50. The first-order valence-electron chi connectivity index (χ1n) is 4.69. The molecule has 0 aliphatic carbocycles. The molecule has 0 amide bonds. The van der Waals surface area contributed by atoms with Crippen LogP contribution in [0.25, 0.3) is 0 Å². The summed E-state index contributed by atoms with van der Waals surface area (Å²) >= 11 is 0. The number of hydrogen-bond donors (Lipinski definition) is 1. The van der Waals surface area contributed by atoms with Gasteiger partial charge in [0.25, 0.3) is 0 Å². The van der Waals surface area contributed by atoms with Crippen molar-refractivity contribution in [1.29, 1.82) is 0 Å². The molecular formula is C10H21NO2. The molecule has 3 heteroatoms. The first-order valence-corrected chi connectivity index (χ1v) is 4.69. The van der Waals surface area contributed by atoms with Crippen molar-refractivity contribution in [2.24, 2.45) is 0 Å². The molecule has 0 aliphatic heterocycles. The molecule has 0 unspecified atom stereocenters. The molecule has 1 N–H and O–H groups in total. The number of nitrogens with one attached hydrogen (secondary N) is 1. The van der Waals surface area contributed by atoms with Crippen LogP contribution >= 0.6 is 0 Å². The van der Waals surface area contributed by atoms with Crippen molar-refractivity contribution >= 4 is 0 Å². The molecule has 0 aromatic rings. The van der Waals surface area contributed by atoms with Crippen LogP contribution in [-0.2, 0) is 9.47 Å². The summed E-state index contributed by atoms with van der Waals surface area (Å²) in [4.78, 5) is 0. The lowest BCUT2D eigenvalue weighted by atomic mass is 10.3. The van der Waals surface area contributed by atoms with E-state index in [0.29, 0.717) is 13.2 Å². The van der Waals surface area contributed by atoms with Crippen LogP contribution in [-0.4, -0.2) is 40.0 Å². The Bertz CT molecular complexity index is 126. The molecule has 13 heavy (non-hydrogen) atoms. The van der Waals surface area contributed by atoms with Crippen LogP contribution in [0.3, 0.4) is 0 Å². The van der Waals surface area contributed by atoms with Crippen LogP contribution < -0.4 is 5.32 Å². The molecule has 0 bridgehead atoms. The van der Waals surface area contributed by atoms with Crippen molar-refractivity contribution in [3.63, 3.8) is 0 Å². The van der Waals surface area contributed by atoms with Crippen molar-refractivity contribution in [2.45, 2.75) is 13.3 Å². The highest BCUT2D eigenvalue weighted by atomic mass is 16.5. The Morgan fingerprint density at radius 3 is 2.69 bits per heavy atom. The van der Waals surface area contributed by atoms with Gasteiger partial charge in [0.1, 0.15) is 0 Å². The normalized spacial score (nSPS) is 10.3. The lowest BCUT2D eigenvalue weighted by molar-refractivity contribution is 0.0696. The summed E-state index contributed by atoms with van der Waals surface area (Å²) in [5, 5.41) is 3.26. The van der Waals surface area contributed by atoms with Crippen LogP contribution in [0.2, 0.25) is 0 Å². The SMILES string of the molecule is C=C(C)CNCCCOCCOC. The summed E-state index contributed by atoms with van der Waals surface area (Å²) in [7, 11) is 1.68. The van der Waals surface area contributed by atoms with E-state index in [1.807, 2.05) is 6.92 Å². The zero-order valence-electron chi connectivity index (χ0n) is 8.77. The Kier molecular flexibility index (Phi) is 9.42. The van der Waals surface area contributed by atoms with Crippen molar-refractivity contribution in [1.82, 2.24) is 5.32 Å². The third kappa shape index (κ3) is 11.6. The fourth-order valence-electron chi connectivity index (χ4n) is 0.845. The van der Waals surface area contributed by atoms with Gasteiger partial charge in [-0.25, -0.2) is 0 Å². The quantitative estimate of drug-likeness (QED) is 0.434. The zero-order chi connectivity index (χ0) is 9.94. The third-order valence-corrected chi connectivity index (χ3v) is 1.50. The van der Waals surface area contributed by atoms with Gasteiger partial charge < -0.3 is 14.8 Å². The molecule has 0 atom stereocenters. The van der Waals surface area contributed by atoms with Gasteiger partial charge in [-0.1, -0.05) is 12.2 Å². The Morgan fingerprint density at radius 1 is 1.31 bits per heavy atom. The molecule has 0 spiro atoms. The molecular weight excluding hydrogens is 166 g/mol. The van der Waals surface area contributed by atoms with Crippen molar-refractivity contribution in [3.8, 4) is 0 Å². The summed E-state index contributed by atoms with van der Waals surface area (Å²) in [6.07, 6.45) is 1.04. The molecule has 0 saturated carbocycles. The first-order chi connectivity index (χ1) is 6.27. The maximum absolute atomic E-state index is 5.29. The summed E-state index contributed by atoms with van der Waals surface area (Å²) < 4.78 is 10.1. The van der Waals surface area contributed by atoms with E-state index in [9.17, 15) is 0 Å². The van der Waals surface area contributed by atoms with Gasteiger partial charge in [0, 0.05) is 20.3 Å².